The van der Waals surface area contributed by atoms with E-state index in [9.17, 15) is 5.11 Å². The molecule has 3 aliphatic rings. The third kappa shape index (κ3) is 5.77. The lowest BCUT2D eigenvalue weighted by Crippen LogP contribution is -2.39. The van der Waals surface area contributed by atoms with Crippen molar-refractivity contribution in [1.82, 2.24) is 0 Å². The minimum absolute atomic E-state index is 0.0459. The zero-order chi connectivity index (χ0) is 22.3. The van der Waals surface area contributed by atoms with E-state index in [-0.39, 0.29) is 43.2 Å². The second-order valence-electron chi connectivity index (χ2n) is 8.82. The van der Waals surface area contributed by atoms with Crippen LogP contribution in [0.4, 0.5) is 0 Å². The normalized spacial score (nSPS) is 36.1. The van der Waals surface area contributed by atoms with Crippen LogP contribution in [0.25, 0.3) is 0 Å². The first-order chi connectivity index (χ1) is 15.1. The molecule has 4 nitrogen and oxygen atoms in total. The van der Waals surface area contributed by atoms with Gasteiger partial charge in [-0.1, -0.05) is 92.7 Å². The number of aliphatic hydroxyl groups is 1. The first-order valence-electron chi connectivity index (χ1n) is 12.0. The van der Waals surface area contributed by atoms with Crippen LogP contribution in [0, 0.1) is 0 Å². The molecule has 0 radical (unpaired) electrons. The summed E-state index contributed by atoms with van der Waals surface area (Å²) >= 11 is 0. The van der Waals surface area contributed by atoms with Crippen LogP contribution in [-0.2, 0) is 14.2 Å². The van der Waals surface area contributed by atoms with Crippen LogP contribution >= 0.6 is 0 Å². The Bertz CT molecular complexity index is 698. The van der Waals surface area contributed by atoms with Gasteiger partial charge in [-0.3, -0.25) is 0 Å². The summed E-state index contributed by atoms with van der Waals surface area (Å²) in [6.07, 6.45) is 18.9. The van der Waals surface area contributed by atoms with E-state index >= 15 is 0 Å². The van der Waals surface area contributed by atoms with Crippen molar-refractivity contribution in [2.24, 2.45) is 0 Å². The van der Waals surface area contributed by atoms with Crippen molar-refractivity contribution in [2.75, 3.05) is 6.61 Å². The smallest absolute Gasteiger partial charge is 0.106 e. The second-order valence-corrected chi connectivity index (χ2v) is 14.1. The molecule has 0 unspecified atom stereocenters. The van der Waals surface area contributed by atoms with Crippen molar-refractivity contribution < 1.29 is 19.3 Å². The van der Waals surface area contributed by atoms with Gasteiger partial charge in [0.05, 0.1) is 26.4 Å². The number of ether oxygens (including phenoxy) is 3. The van der Waals surface area contributed by atoms with Crippen LogP contribution in [0.2, 0.25) is 18.1 Å². The standard InChI is InChI=1S/C26H40O4Si/c1-5-10-20-13-14-26-25(28-20)16-15-24-23(30-26)12-9-11-22(19-21(29-24)17-18-27)31(6-2,7-3)8-4/h5,9,11,13-16,19-21,23-27H,1,6-8,10,12,17-18H2,2-4H3/b11-9-,22-19-/t20-,21-,23-,24+,25-,26+/m1/s1. The number of hydrogen-bond acceptors (Lipinski definition) is 4. The summed E-state index contributed by atoms with van der Waals surface area (Å²) in [6.45, 7) is 10.9. The van der Waals surface area contributed by atoms with Gasteiger partial charge in [0.25, 0.3) is 0 Å². The molecule has 0 aromatic rings. The first-order valence-corrected chi connectivity index (χ1v) is 14.6. The number of fused-ring (bicyclic) bond motifs is 2. The third-order valence-corrected chi connectivity index (χ3v) is 12.8. The van der Waals surface area contributed by atoms with Gasteiger partial charge >= 0.3 is 0 Å². The highest BCUT2D eigenvalue weighted by molar-refractivity contribution is 6.87. The van der Waals surface area contributed by atoms with E-state index in [1.165, 1.54) is 23.3 Å². The van der Waals surface area contributed by atoms with E-state index in [1.54, 1.807) is 0 Å². The molecule has 0 spiro atoms. The Morgan fingerprint density at radius 2 is 1.61 bits per heavy atom. The molecule has 0 aliphatic carbocycles. The van der Waals surface area contributed by atoms with Crippen molar-refractivity contribution in [3.63, 3.8) is 0 Å². The third-order valence-electron chi connectivity index (χ3n) is 7.18. The molecule has 0 aromatic heterocycles. The fourth-order valence-corrected chi connectivity index (χ4v) is 8.74. The Kier molecular flexibility index (Phi) is 9.11. The van der Waals surface area contributed by atoms with Crippen LogP contribution in [0.3, 0.4) is 0 Å². The van der Waals surface area contributed by atoms with E-state index in [0.29, 0.717) is 6.42 Å². The minimum atomic E-state index is -1.55. The maximum atomic E-state index is 9.71. The number of allylic oxidation sites excluding steroid dienone is 2. The highest BCUT2D eigenvalue weighted by Gasteiger charge is 2.36. The molecule has 0 saturated heterocycles. The summed E-state index contributed by atoms with van der Waals surface area (Å²) < 4.78 is 19.3. The maximum absolute atomic E-state index is 9.71. The van der Waals surface area contributed by atoms with Gasteiger partial charge in [0.15, 0.2) is 0 Å². The van der Waals surface area contributed by atoms with Gasteiger partial charge in [0.1, 0.15) is 18.3 Å². The van der Waals surface area contributed by atoms with Crippen LogP contribution in [0.1, 0.15) is 40.0 Å². The average molecular weight is 445 g/mol. The predicted octanol–water partition coefficient (Wildman–Crippen LogP) is 5.28. The molecule has 1 N–H and O–H groups in total. The summed E-state index contributed by atoms with van der Waals surface area (Å²) in [5.41, 5.74) is 0. The summed E-state index contributed by atoms with van der Waals surface area (Å²) in [6, 6.07) is 3.68. The molecule has 0 saturated carbocycles. The summed E-state index contributed by atoms with van der Waals surface area (Å²) in [7, 11) is -1.55. The van der Waals surface area contributed by atoms with Crippen LogP contribution < -0.4 is 0 Å². The topological polar surface area (TPSA) is 47.9 Å². The van der Waals surface area contributed by atoms with Crippen LogP contribution in [0.15, 0.2) is 60.4 Å². The number of aliphatic hydroxyl groups excluding tert-OH is 1. The van der Waals surface area contributed by atoms with Gasteiger partial charge in [0, 0.05) is 13.0 Å². The largest absolute Gasteiger partial charge is 0.396 e. The minimum Gasteiger partial charge on any atom is -0.396 e. The zero-order valence-corrected chi connectivity index (χ0v) is 20.4. The van der Waals surface area contributed by atoms with Crippen LogP contribution in [0.5, 0.6) is 0 Å². The van der Waals surface area contributed by atoms with E-state index in [4.69, 9.17) is 14.2 Å². The number of rotatable bonds is 8. The Morgan fingerprint density at radius 3 is 2.29 bits per heavy atom. The molecule has 0 fully saturated rings. The lowest BCUT2D eigenvalue weighted by atomic mass is 10.1. The van der Waals surface area contributed by atoms with Gasteiger partial charge in [0.2, 0.25) is 0 Å². The summed E-state index contributed by atoms with van der Waals surface area (Å²) in [5, 5.41) is 11.2. The molecular formula is C26H40O4Si. The Morgan fingerprint density at radius 1 is 0.968 bits per heavy atom. The van der Waals surface area contributed by atoms with Crippen molar-refractivity contribution in [1.29, 1.82) is 0 Å². The molecule has 3 heterocycles. The fourth-order valence-electron chi connectivity index (χ4n) is 5.01. The Hall–Kier alpha value is -1.24. The Labute approximate surface area is 189 Å². The molecule has 0 amide bonds. The lowest BCUT2D eigenvalue weighted by molar-refractivity contribution is -0.118. The molecular weight excluding hydrogens is 404 g/mol. The molecule has 3 rings (SSSR count). The summed E-state index contributed by atoms with van der Waals surface area (Å²) in [4.78, 5) is 0. The SMILES string of the molecule is C=CC[C@@H]1C=C[C@@H]2O[C@@H]3C/C=C\C([Si](CC)(CC)CC)=C\[C@@H](CCO)O[C@H]3C=C[C@H]2O1. The monoisotopic (exact) mass is 444 g/mol. The van der Waals surface area contributed by atoms with Crippen molar-refractivity contribution >= 4 is 8.07 Å². The van der Waals surface area contributed by atoms with Gasteiger partial charge < -0.3 is 19.3 Å². The molecule has 172 valence electrons. The quantitative estimate of drug-likeness (QED) is 0.409. The van der Waals surface area contributed by atoms with E-state index in [1.807, 2.05) is 6.08 Å². The summed E-state index contributed by atoms with van der Waals surface area (Å²) in [5.74, 6) is 0. The molecule has 31 heavy (non-hydrogen) atoms. The second kappa shape index (κ2) is 11.6. The highest BCUT2D eigenvalue weighted by atomic mass is 28.3. The molecule has 3 aliphatic heterocycles. The molecule has 0 bridgehead atoms. The van der Waals surface area contributed by atoms with Crippen LogP contribution in [-0.4, -0.2) is 56.4 Å². The fraction of sp³-hybridized carbons (Fsp3) is 0.615. The lowest BCUT2D eigenvalue weighted by Gasteiger charge is -2.32. The maximum Gasteiger partial charge on any atom is 0.106 e. The highest BCUT2D eigenvalue weighted by Crippen LogP contribution is 2.33. The van der Waals surface area contributed by atoms with Crippen molar-refractivity contribution in [2.45, 2.75) is 94.8 Å². The van der Waals surface area contributed by atoms with Gasteiger partial charge in [-0.2, -0.15) is 0 Å². The Balaban J connectivity index is 1.87. The zero-order valence-electron chi connectivity index (χ0n) is 19.4. The predicted molar refractivity (Wildman–Crippen MR) is 130 cm³/mol. The number of hydrogen-bond donors (Lipinski definition) is 1. The molecule has 5 heteroatoms. The van der Waals surface area contributed by atoms with E-state index in [2.05, 4.69) is 69.9 Å². The molecule has 6 atom stereocenters. The average Bonchev–Trinajstić information content (AvgIpc) is 2.89. The van der Waals surface area contributed by atoms with Crippen molar-refractivity contribution in [3.8, 4) is 0 Å². The van der Waals surface area contributed by atoms with Gasteiger partial charge in [-0.25, -0.2) is 0 Å². The molecule has 0 aromatic carbocycles. The van der Waals surface area contributed by atoms with E-state index in [0.717, 1.165) is 12.8 Å². The van der Waals surface area contributed by atoms with E-state index < -0.39 is 8.07 Å². The van der Waals surface area contributed by atoms with Crippen molar-refractivity contribution in [3.05, 3.63) is 60.4 Å². The first kappa shape index (κ1) is 24.4. The van der Waals surface area contributed by atoms with Gasteiger partial charge in [-0.05, 0) is 12.8 Å². The van der Waals surface area contributed by atoms with Gasteiger partial charge in [-0.15, -0.1) is 6.58 Å².